The number of hydrogen-bond acceptors (Lipinski definition) is 5. The Morgan fingerprint density at radius 3 is 2.64 bits per heavy atom. The number of carboxylic acids is 1. The number of hydrogen-bond donors (Lipinski definition) is 1. The van der Waals surface area contributed by atoms with Gasteiger partial charge in [-0.05, 0) is 53.8 Å². The summed E-state index contributed by atoms with van der Waals surface area (Å²) < 4.78 is 8.37. The van der Waals surface area contributed by atoms with Crippen LogP contribution < -0.4 is 14.9 Å². The molecule has 1 aliphatic heterocycles. The van der Waals surface area contributed by atoms with Crippen LogP contribution in [0.25, 0.3) is 23.1 Å². The number of nitrogens with zero attached hydrogens (tertiary/aromatic N) is 2. The SMILES string of the molecule is O=C(O)c1cccc(-c2ccc(/C=c3/sc4n(c3=O)[C@H](c3ccccc3)C3=C(N=4)c4ccccc4CC3)o2)c1. The molecule has 0 saturated carbocycles. The zero-order chi connectivity index (χ0) is 26.5. The number of aryl methyl sites for hydroxylation is 1. The molecule has 6 nitrogen and oxygen atoms in total. The van der Waals surface area contributed by atoms with Gasteiger partial charge in [-0.2, -0.15) is 0 Å². The molecule has 7 rings (SSSR count). The molecule has 0 saturated heterocycles. The van der Waals surface area contributed by atoms with Crippen LogP contribution in [0.4, 0.5) is 0 Å². The van der Waals surface area contributed by atoms with Crippen LogP contribution >= 0.6 is 11.3 Å². The van der Waals surface area contributed by atoms with Gasteiger partial charge in [0, 0.05) is 17.2 Å². The third-order valence-corrected chi connectivity index (χ3v) is 8.27. The van der Waals surface area contributed by atoms with Gasteiger partial charge in [0.25, 0.3) is 5.56 Å². The number of carboxylic acid groups (broad SMARTS) is 1. The molecule has 0 fully saturated rings. The van der Waals surface area contributed by atoms with Gasteiger partial charge in [-0.15, -0.1) is 0 Å². The van der Waals surface area contributed by atoms with Gasteiger partial charge in [-0.3, -0.25) is 9.36 Å². The van der Waals surface area contributed by atoms with Gasteiger partial charge in [-0.25, -0.2) is 9.79 Å². The number of thiazole rings is 1. The number of aromatic carboxylic acids is 1. The lowest BCUT2D eigenvalue weighted by atomic mass is 9.83. The van der Waals surface area contributed by atoms with Crippen molar-refractivity contribution in [2.24, 2.45) is 4.99 Å². The van der Waals surface area contributed by atoms with E-state index in [1.54, 1.807) is 36.4 Å². The lowest BCUT2D eigenvalue weighted by molar-refractivity contribution is 0.0697. The standard InChI is InChI=1S/C32H22N2O4S/c35-30-27(18-23-14-16-26(38-23)21-10-6-11-22(17-21)31(36)37)39-32-33-28-24-12-5-4-7-19(24)13-15-25(28)29(34(30)32)20-8-2-1-3-9-20/h1-12,14,16-18,29H,13,15H2,(H,36,37)/b27-18+/t29-/m1/s1. The first-order valence-corrected chi connectivity index (χ1v) is 13.5. The van der Waals surface area contributed by atoms with E-state index in [-0.39, 0.29) is 17.2 Å². The van der Waals surface area contributed by atoms with Crippen LogP contribution in [-0.4, -0.2) is 15.6 Å². The second-order valence-electron chi connectivity index (χ2n) is 9.61. The van der Waals surface area contributed by atoms with Crippen LogP contribution in [0.15, 0.2) is 111 Å². The minimum atomic E-state index is -0.997. The third-order valence-electron chi connectivity index (χ3n) is 7.28. The van der Waals surface area contributed by atoms with Gasteiger partial charge >= 0.3 is 5.97 Å². The average Bonchev–Trinajstić information content (AvgIpc) is 3.56. The predicted molar refractivity (Wildman–Crippen MR) is 150 cm³/mol. The molecule has 1 N–H and O–H groups in total. The molecule has 190 valence electrons. The maximum atomic E-state index is 13.9. The molecule has 2 aromatic heterocycles. The number of benzene rings is 3. The summed E-state index contributed by atoms with van der Waals surface area (Å²) in [5.41, 5.74) is 6.35. The Morgan fingerprint density at radius 1 is 0.974 bits per heavy atom. The van der Waals surface area contributed by atoms with E-state index in [0.717, 1.165) is 35.2 Å². The largest absolute Gasteiger partial charge is 0.478 e. The molecule has 2 aliphatic rings. The Kier molecular flexibility index (Phi) is 5.52. The topological polar surface area (TPSA) is 84.8 Å². The van der Waals surface area contributed by atoms with Gasteiger partial charge < -0.3 is 9.52 Å². The molecule has 1 atom stereocenters. The summed E-state index contributed by atoms with van der Waals surface area (Å²) in [6.45, 7) is 0. The molecule has 7 heteroatoms. The molecular weight excluding hydrogens is 508 g/mol. The zero-order valence-electron chi connectivity index (χ0n) is 20.7. The Balaban J connectivity index is 1.37. The van der Waals surface area contributed by atoms with E-state index < -0.39 is 5.97 Å². The maximum Gasteiger partial charge on any atom is 0.335 e. The number of carbonyl (C=O) groups is 1. The average molecular weight is 531 g/mol. The van der Waals surface area contributed by atoms with E-state index in [9.17, 15) is 14.7 Å². The molecule has 0 bridgehead atoms. The van der Waals surface area contributed by atoms with Crippen molar-refractivity contribution >= 4 is 29.1 Å². The Morgan fingerprint density at radius 2 is 1.79 bits per heavy atom. The van der Waals surface area contributed by atoms with Crippen LogP contribution in [0.5, 0.6) is 0 Å². The first kappa shape index (κ1) is 23.4. The van der Waals surface area contributed by atoms with E-state index in [4.69, 9.17) is 9.41 Å². The molecule has 0 spiro atoms. The van der Waals surface area contributed by atoms with Crippen molar-refractivity contribution in [3.05, 3.63) is 144 Å². The summed E-state index contributed by atoms with van der Waals surface area (Å²) in [7, 11) is 0. The predicted octanol–water partition coefficient (Wildman–Crippen LogP) is 5.28. The van der Waals surface area contributed by atoms with E-state index >= 15 is 0 Å². The number of aromatic nitrogens is 1. The van der Waals surface area contributed by atoms with Crippen molar-refractivity contribution in [3.63, 3.8) is 0 Å². The van der Waals surface area contributed by atoms with Crippen molar-refractivity contribution in [2.45, 2.75) is 18.9 Å². The van der Waals surface area contributed by atoms with Gasteiger partial charge in [0.2, 0.25) is 0 Å². The van der Waals surface area contributed by atoms with Crippen molar-refractivity contribution in [2.75, 3.05) is 0 Å². The van der Waals surface area contributed by atoms with Crippen LogP contribution in [-0.2, 0) is 6.42 Å². The maximum absolute atomic E-state index is 13.9. The molecule has 3 heterocycles. The van der Waals surface area contributed by atoms with E-state index in [1.165, 1.54) is 23.0 Å². The molecule has 5 aromatic rings. The van der Waals surface area contributed by atoms with E-state index in [2.05, 4.69) is 30.3 Å². The minimum absolute atomic E-state index is 0.108. The van der Waals surface area contributed by atoms with Crippen molar-refractivity contribution in [1.29, 1.82) is 0 Å². The zero-order valence-corrected chi connectivity index (χ0v) is 21.5. The highest BCUT2D eigenvalue weighted by Gasteiger charge is 2.32. The van der Waals surface area contributed by atoms with Gasteiger partial charge in [-0.1, -0.05) is 78.1 Å². The van der Waals surface area contributed by atoms with E-state index in [1.807, 2.05) is 28.8 Å². The van der Waals surface area contributed by atoms with Gasteiger partial charge in [0.15, 0.2) is 4.80 Å². The van der Waals surface area contributed by atoms with Gasteiger partial charge in [0.05, 0.1) is 21.8 Å². The minimum Gasteiger partial charge on any atom is -0.478 e. The lowest BCUT2D eigenvalue weighted by Crippen LogP contribution is -2.38. The van der Waals surface area contributed by atoms with Crippen LogP contribution in [0.1, 0.15) is 45.3 Å². The summed E-state index contributed by atoms with van der Waals surface area (Å²) >= 11 is 1.35. The Bertz CT molecular complexity index is 1980. The number of fused-ring (bicyclic) bond motifs is 3. The summed E-state index contributed by atoms with van der Waals surface area (Å²) in [5.74, 6) is 0.0516. The van der Waals surface area contributed by atoms with Crippen molar-refractivity contribution in [1.82, 2.24) is 4.57 Å². The summed E-state index contributed by atoms with van der Waals surface area (Å²) in [4.78, 5) is 30.9. The van der Waals surface area contributed by atoms with Crippen molar-refractivity contribution in [3.8, 4) is 11.3 Å². The molecular formula is C32H22N2O4S. The third kappa shape index (κ3) is 3.99. The lowest BCUT2D eigenvalue weighted by Gasteiger charge is -2.30. The second kappa shape index (κ2) is 9.22. The monoisotopic (exact) mass is 530 g/mol. The Labute approximate surface area is 227 Å². The molecule has 0 unspecified atom stereocenters. The summed E-state index contributed by atoms with van der Waals surface area (Å²) in [5, 5.41) is 9.32. The Hall–Kier alpha value is -4.75. The highest BCUT2D eigenvalue weighted by atomic mass is 32.1. The second-order valence-corrected chi connectivity index (χ2v) is 10.6. The first-order valence-electron chi connectivity index (χ1n) is 12.7. The quantitative estimate of drug-likeness (QED) is 0.343. The number of furan rings is 1. The highest BCUT2D eigenvalue weighted by molar-refractivity contribution is 7.07. The van der Waals surface area contributed by atoms with Crippen molar-refractivity contribution < 1.29 is 14.3 Å². The molecule has 1 aliphatic carbocycles. The normalized spacial score (nSPS) is 16.3. The smallest absolute Gasteiger partial charge is 0.335 e. The summed E-state index contributed by atoms with van der Waals surface area (Å²) in [6, 6.07) is 28.5. The summed E-state index contributed by atoms with van der Waals surface area (Å²) in [6.07, 6.45) is 3.50. The van der Waals surface area contributed by atoms with Crippen LogP contribution in [0.2, 0.25) is 0 Å². The molecule has 0 amide bonds. The number of rotatable bonds is 4. The highest BCUT2D eigenvalue weighted by Crippen LogP contribution is 2.41. The van der Waals surface area contributed by atoms with Gasteiger partial charge in [0.1, 0.15) is 11.5 Å². The van der Waals surface area contributed by atoms with Crippen LogP contribution in [0, 0.1) is 0 Å². The van der Waals surface area contributed by atoms with E-state index in [0.29, 0.717) is 26.4 Å². The number of allylic oxidation sites excluding steroid dienone is 1. The first-order chi connectivity index (χ1) is 19.1. The molecule has 3 aromatic carbocycles. The fourth-order valence-electron chi connectivity index (χ4n) is 5.48. The fourth-order valence-corrected chi connectivity index (χ4v) is 6.46. The fraction of sp³-hybridized carbons (Fsp3) is 0.0938. The molecule has 0 radical (unpaired) electrons. The molecule has 39 heavy (non-hydrogen) atoms. The van der Waals surface area contributed by atoms with Crippen LogP contribution in [0.3, 0.4) is 0 Å².